The molecule has 5 heteroatoms. The van der Waals surface area contributed by atoms with E-state index in [-0.39, 0.29) is 5.69 Å². The Morgan fingerprint density at radius 3 is 2.53 bits per heavy atom. The number of rotatable bonds is 3. The maximum absolute atomic E-state index is 10.9. The Morgan fingerprint density at radius 2 is 2.06 bits per heavy atom. The summed E-state index contributed by atoms with van der Waals surface area (Å²) in [5, 5.41) is 8.96. The molecule has 0 atom stereocenters. The highest BCUT2D eigenvalue weighted by Gasteiger charge is 2.18. The summed E-state index contributed by atoms with van der Waals surface area (Å²) in [6, 6.07) is 6.91. The number of aromatic nitrogens is 1. The van der Waals surface area contributed by atoms with E-state index in [9.17, 15) is 4.79 Å². The highest BCUT2D eigenvalue weighted by molar-refractivity contribution is 5.87. The third-order valence-electron chi connectivity index (χ3n) is 2.38. The van der Waals surface area contributed by atoms with Crippen LogP contribution in [0, 0.1) is 0 Å². The van der Waals surface area contributed by atoms with Gasteiger partial charge in [-0.3, -0.25) is 0 Å². The number of carbonyl (C=O) groups is 1. The molecule has 0 aliphatic carbocycles. The van der Waals surface area contributed by atoms with Crippen molar-refractivity contribution in [2.24, 2.45) is 0 Å². The van der Waals surface area contributed by atoms with E-state index >= 15 is 0 Å². The second-order valence-corrected chi connectivity index (χ2v) is 3.57. The Kier molecular flexibility index (Phi) is 2.82. The fourth-order valence-corrected chi connectivity index (χ4v) is 1.51. The van der Waals surface area contributed by atoms with Crippen molar-refractivity contribution in [3.63, 3.8) is 0 Å². The SMILES string of the molecule is CCc1oc(-c2ccc(N)cc2)nc1C(=O)O. The molecule has 0 bridgehead atoms. The van der Waals surface area contributed by atoms with Gasteiger partial charge in [-0.25, -0.2) is 9.78 Å². The van der Waals surface area contributed by atoms with E-state index in [0.717, 1.165) is 0 Å². The first-order valence-electron chi connectivity index (χ1n) is 5.20. The number of aryl methyl sites for hydroxylation is 1. The standard InChI is InChI=1S/C12H12N2O3/c1-2-9-10(12(15)16)14-11(17-9)7-3-5-8(13)6-4-7/h3-6H,2,13H2,1H3,(H,15,16). The Morgan fingerprint density at radius 1 is 1.41 bits per heavy atom. The lowest BCUT2D eigenvalue weighted by Gasteiger charge is -1.95. The van der Waals surface area contributed by atoms with Crippen molar-refractivity contribution in [2.75, 3.05) is 5.73 Å². The van der Waals surface area contributed by atoms with Gasteiger partial charge in [0.2, 0.25) is 5.89 Å². The zero-order valence-corrected chi connectivity index (χ0v) is 9.30. The van der Waals surface area contributed by atoms with E-state index in [1.807, 2.05) is 6.92 Å². The summed E-state index contributed by atoms with van der Waals surface area (Å²) >= 11 is 0. The van der Waals surface area contributed by atoms with Crippen LogP contribution < -0.4 is 5.73 Å². The summed E-state index contributed by atoms with van der Waals surface area (Å²) < 4.78 is 5.42. The van der Waals surface area contributed by atoms with Gasteiger partial charge < -0.3 is 15.3 Å². The van der Waals surface area contributed by atoms with Crippen LogP contribution in [0.1, 0.15) is 23.2 Å². The van der Waals surface area contributed by atoms with Crippen LogP contribution in [0.4, 0.5) is 5.69 Å². The fourth-order valence-electron chi connectivity index (χ4n) is 1.51. The number of aromatic carboxylic acids is 1. The first-order chi connectivity index (χ1) is 8.11. The lowest BCUT2D eigenvalue weighted by atomic mass is 10.2. The molecule has 2 rings (SSSR count). The lowest BCUT2D eigenvalue weighted by Crippen LogP contribution is -2.00. The second-order valence-electron chi connectivity index (χ2n) is 3.57. The average Bonchev–Trinajstić information content (AvgIpc) is 2.74. The molecule has 0 saturated heterocycles. The zero-order valence-electron chi connectivity index (χ0n) is 9.30. The highest BCUT2D eigenvalue weighted by Crippen LogP contribution is 2.23. The quantitative estimate of drug-likeness (QED) is 0.791. The molecule has 88 valence electrons. The van der Waals surface area contributed by atoms with Crippen LogP contribution in [0.2, 0.25) is 0 Å². The van der Waals surface area contributed by atoms with Crippen molar-refractivity contribution in [3.05, 3.63) is 35.7 Å². The fraction of sp³-hybridized carbons (Fsp3) is 0.167. The molecule has 1 heterocycles. The van der Waals surface area contributed by atoms with Crippen LogP contribution >= 0.6 is 0 Å². The van der Waals surface area contributed by atoms with Gasteiger partial charge >= 0.3 is 5.97 Å². The van der Waals surface area contributed by atoms with E-state index in [2.05, 4.69) is 4.98 Å². The van der Waals surface area contributed by atoms with Crippen LogP contribution in [0.25, 0.3) is 11.5 Å². The third kappa shape index (κ3) is 2.13. The molecule has 0 aliphatic rings. The Labute approximate surface area is 97.9 Å². The van der Waals surface area contributed by atoms with Crippen LogP contribution in [0.5, 0.6) is 0 Å². The largest absolute Gasteiger partial charge is 0.476 e. The Balaban J connectivity index is 2.46. The number of nitrogens with zero attached hydrogens (tertiary/aromatic N) is 1. The maximum Gasteiger partial charge on any atom is 0.358 e. The number of nitrogens with two attached hydrogens (primary N) is 1. The number of anilines is 1. The molecule has 2 aromatic rings. The van der Waals surface area contributed by atoms with Gasteiger partial charge in [0.05, 0.1) is 0 Å². The molecular formula is C12H12N2O3. The van der Waals surface area contributed by atoms with Crippen molar-refractivity contribution in [3.8, 4) is 11.5 Å². The molecule has 0 fully saturated rings. The minimum atomic E-state index is -1.08. The molecule has 5 nitrogen and oxygen atoms in total. The van der Waals surface area contributed by atoms with Crippen LogP contribution in [0.15, 0.2) is 28.7 Å². The minimum Gasteiger partial charge on any atom is -0.476 e. The van der Waals surface area contributed by atoms with E-state index in [4.69, 9.17) is 15.3 Å². The topological polar surface area (TPSA) is 89.4 Å². The number of hydrogen-bond donors (Lipinski definition) is 2. The van der Waals surface area contributed by atoms with Crippen LogP contribution in [-0.4, -0.2) is 16.1 Å². The summed E-state index contributed by atoms with van der Waals surface area (Å²) in [5.74, 6) is -0.393. The Bertz CT molecular complexity index is 543. The first-order valence-corrected chi connectivity index (χ1v) is 5.20. The monoisotopic (exact) mass is 232 g/mol. The molecule has 0 spiro atoms. The molecule has 0 radical (unpaired) electrons. The van der Waals surface area contributed by atoms with Gasteiger partial charge in [0, 0.05) is 17.7 Å². The van der Waals surface area contributed by atoms with Gasteiger partial charge in [0.25, 0.3) is 0 Å². The lowest BCUT2D eigenvalue weighted by molar-refractivity contribution is 0.0689. The Hall–Kier alpha value is -2.30. The van der Waals surface area contributed by atoms with Crippen LogP contribution in [0.3, 0.4) is 0 Å². The van der Waals surface area contributed by atoms with E-state index in [1.165, 1.54) is 0 Å². The number of carboxylic acids is 1. The van der Waals surface area contributed by atoms with Crippen LogP contribution in [-0.2, 0) is 6.42 Å². The molecule has 0 aliphatic heterocycles. The molecule has 1 aromatic carbocycles. The van der Waals surface area contributed by atoms with E-state index in [0.29, 0.717) is 29.3 Å². The second kappa shape index (κ2) is 4.29. The maximum atomic E-state index is 10.9. The minimum absolute atomic E-state index is 0.0284. The van der Waals surface area contributed by atoms with Gasteiger partial charge in [-0.15, -0.1) is 0 Å². The summed E-state index contributed by atoms with van der Waals surface area (Å²) in [7, 11) is 0. The first kappa shape index (κ1) is 11.2. The molecule has 17 heavy (non-hydrogen) atoms. The van der Waals surface area contributed by atoms with Crippen molar-refractivity contribution in [1.29, 1.82) is 0 Å². The summed E-state index contributed by atoms with van der Waals surface area (Å²) in [5.41, 5.74) is 6.88. The van der Waals surface area contributed by atoms with Gasteiger partial charge in [0.15, 0.2) is 5.69 Å². The molecule has 0 saturated carbocycles. The van der Waals surface area contributed by atoms with E-state index in [1.54, 1.807) is 24.3 Å². The molecule has 3 N–H and O–H groups in total. The van der Waals surface area contributed by atoms with Gasteiger partial charge in [-0.1, -0.05) is 6.92 Å². The summed E-state index contributed by atoms with van der Waals surface area (Å²) in [6.07, 6.45) is 0.490. The smallest absolute Gasteiger partial charge is 0.358 e. The van der Waals surface area contributed by atoms with Crippen molar-refractivity contribution in [1.82, 2.24) is 4.98 Å². The van der Waals surface area contributed by atoms with Gasteiger partial charge in [0.1, 0.15) is 5.76 Å². The third-order valence-corrected chi connectivity index (χ3v) is 2.38. The molecule has 1 aromatic heterocycles. The molecule has 0 unspecified atom stereocenters. The van der Waals surface area contributed by atoms with Crippen molar-refractivity contribution < 1.29 is 14.3 Å². The molecular weight excluding hydrogens is 220 g/mol. The van der Waals surface area contributed by atoms with Gasteiger partial charge in [-0.05, 0) is 24.3 Å². The highest BCUT2D eigenvalue weighted by atomic mass is 16.4. The molecule has 0 amide bonds. The predicted octanol–water partition coefficient (Wildman–Crippen LogP) is 2.18. The van der Waals surface area contributed by atoms with Crippen molar-refractivity contribution in [2.45, 2.75) is 13.3 Å². The number of nitrogen functional groups attached to an aromatic ring is 1. The van der Waals surface area contributed by atoms with E-state index < -0.39 is 5.97 Å². The number of carboxylic acid groups (broad SMARTS) is 1. The predicted molar refractivity (Wildman–Crippen MR) is 62.7 cm³/mol. The van der Waals surface area contributed by atoms with Crippen molar-refractivity contribution >= 4 is 11.7 Å². The normalized spacial score (nSPS) is 10.4. The number of hydrogen-bond acceptors (Lipinski definition) is 4. The number of benzene rings is 1. The zero-order chi connectivity index (χ0) is 12.4. The summed E-state index contributed by atoms with van der Waals surface area (Å²) in [4.78, 5) is 14.9. The number of oxazole rings is 1. The average molecular weight is 232 g/mol. The summed E-state index contributed by atoms with van der Waals surface area (Å²) in [6.45, 7) is 1.82. The van der Waals surface area contributed by atoms with Gasteiger partial charge in [-0.2, -0.15) is 0 Å².